The van der Waals surface area contributed by atoms with Crippen molar-refractivity contribution in [3.63, 3.8) is 0 Å². The van der Waals surface area contributed by atoms with Crippen LogP contribution in [0, 0.1) is 6.92 Å². The second-order valence-electron chi connectivity index (χ2n) is 4.90. The van der Waals surface area contributed by atoms with Crippen molar-refractivity contribution in [3.05, 3.63) is 49.6 Å². The number of hydrogen-bond donors (Lipinski definition) is 1. The highest BCUT2D eigenvalue weighted by atomic mass is 35.5. The summed E-state index contributed by atoms with van der Waals surface area (Å²) in [6, 6.07) is 8.19. The number of methoxy groups -OCH3 is 1. The summed E-state index contributed by atoms with van der Waals surface area (Å²) in [7, 11) is 1.69. The molecule has 2 aromatic rings. The standard InChI is InChI=1S/C16H19Cl2NOS/c1-4-7-19-15(12-9-14(17)21-16(12)18)11-6-5-10(2)13(8-11)20-3/h5-6,8-9,15,19H,4,7H2,1-3H3. The monoisotopic (exact) mass is 343 g/mol. The molecule has 0 aliphatic carbocycles. The fourth-order valence-electron chi connectivity index (χ4n) is 2.26. The third-order valence-corrected chi connectivity index (χ3v) is 4.88. The number of thiophene rings is 1. The van der Waals surface area contributed by atoms with Gasteiger partial charge >= 0.3 is 0 Å². The first kappa shape index (κ1) is 16.6. The van der Waals surface area contributed by atoms with Crippen LogP contribution in [0.1, 0.15) is 36.1 Å². The highest BCUT2D eigenvalue weighted by molar-refractivity contribution is 7.20. The lowest BCUT2D eigenvalue weighted by Crippen LogP contribution is -2.23. The number of benzene rings is 1. The van der Waals surface area contributed by atoms with Gasteiger partial charge in [-0.2, -0.15) is 0 Å². The Hall–Kier alpha value is -0.740. The Bertz CT molecular complexity index is 612. The van der Waals surface area contributed by atoms with E-state index in [1.54, 1.807) is 7.11 Å². The zero-order valence-electron chi connectivity index (χ0n) is 12.4. The molecule has 1 atom stereocenters. The molecule has 2 rings (SSSR count). The maximum Gasteiger partial charge on any atom is 0.122 e. The fourth-order valence-corrected chi connectivity index (χ4v) is 3.79. The Labute approximate surface area is 140 Å². The molecule has 0 bridgehead atoms. The lowest BCUT2D eigenvalue weighted by molar-refractivity contribution is 0.410. The summed E-state index contributed by atoms with van der Waals surface area (Å²) in [5, 5.41) is 3.53. The molecule has 1 aromatic carbocycles. The number of hydrogen-bond acceptors (Lipinski definition) is 3. The third-order valence-electron chi connectivity index (χ3n) is 3.36. The van der Waals surface area contributed by atoms with Crippen LogP contribution in [0.15, 0.2) is 24.3 Å². The van der Waals surface area contributed by atoms with Crippen molar-refractivity contribution < 1.29 is 4.74 Å². The summed E-state index contributed by atoms with van der Waals surface area (Å²) in [4.78, 5) is 0. The molecular weight excluding hydrogens is 325 g/mol. The molecule has 0 saturated carbocycles. The fraction of sp³-hybridized carbons (Fsp3) is 0.375. The van der Waals surface area contributed by atoms with Gasteiger partial charge in [0.25, 0.3) is 0 Å². The molecule has 2 nitrogen and oxygen atoms in total. The lowest BCUT2D eigenvalue weighted by atomic mass is 9.99. The molecule has 114 valence electrons. The van der Waals surface area contributed by atoms with E-state index in [-0.39, 0.29) is 6.04 Å². The topological polar surface area (TPSA) is 21.3 Å². The van der Waals surface area contributed by atoms with Gasteiger partial charge in [0.05, 0.1) is 21.8 Å². The molecule has 1 N–H and O–H groups in total. The minimum atomic E-state index is 0.0238. The van der Waals surface area contributed by atoms with Crippen LogP contribution in [0.5, 0.6) is 5.75 Å². The first-order valence-corrected chi connectivity index (χ1v) is 8.46. The minimum Gasteiger partial charge on any atom is -0.496 e. The van der Waals surface area contributed by atoms with E-state index in [2.05, 4.69) is 30.4 Å². The molecule has 5 heteroatoms. The van der Waals surface area contributed by atoms with Crippen molar-refractivity contribution in [2.24, 2.45) is 0 Å². The zero-order valence-corrected chi connectivity index (χ0v) is 14.7. The summed E-state index contributed by atoms with van der Waals surface area (Å²) in [5.41, 5.74) is 3.26. The van der Waals surface area contributed by atoms with Gasteiger partial charge in [-0.1, -0.05) is 42.3 Å². The number of ether oxygens (including phenoxy) is 1. The first-order valence-electron chi connectivity index (χ1n) is 6.89. The van der Waals surface area contributed by atoms with E-state index >= 15 is 0 Å². The molecule has 1 unspecified atom stereocenters. The molecule has 0 aliphatic rings. The molecule has 1 aromatic heterocycles. The van der Waals surface area contributed by atoms with Gasteiger partial charge in [0, 0.05) is 5.56 Å². The van der Waals surface area contributed by atoms with Crippen LogP contribution in [-0.2, 0) is 0 Å². The molecule has 1 heterocycles. The Balaban J connectivity index is 2.42. The van der Waals surface area contributed by atoms with E-state index in [1.807, 2.05) is 13.0 Å². The van der Waals surface area contributed by atoms with E-state index in [0.29, 0.717) is 4.34 Å². The summed E-state index contributed by atoms with van der Waals surface area (Å²) in [6.45, 7) is 5.08. The van der Waals surface area contributed by atoms with Crippen LogP contribution in [-0.4, -0.2) is 13.7 Å². The Kier molecular flexibility index (Phi) is 5.94. The second-order valence-corrected chi connectivity index (χ2v) is 7.18. The molecule has 21 heavy (non-hydrogen) atoms. The largest absolute Gasteiger partial charge is 0.496 e. The van der Waals surface area contributed by atoms with E-state index in [0.717, 1.165) is 39.7 Å². The van der Waals surface area contributed by atoms with Gasteiger partial charge < -0.3 is 10.1 Å². The first-order chi connectivity index (χ1) is 10.1. The lowest BCUT2D eigenvalue weighted by Gasteiger charge is -2.20. The molecular formula is C16H19Cl2NOS. The maximum absolute atomic E-state index is 6.34. The normalized spacial score (nSPS) is 12.4. The van der Waals surface area contributed by atoms with E-state index < -0.39 is 0 Å². The molecule has 0 radical (unpaired) electrons. The second kappa shape index (κ2) is 7.50. The number of rotatable bonds is 6. The van der Waals surface area contributed by atoms with Gasteiger partial charge in [0.1, 0.15) is 5.75 Å². The highest BCUT2D eigenvalue weighted by Gasteiger charge is 2.20. The highest BCUT2D eigenvalue weighted by Crippen LogP contribution is 2.38. The Morgan fingerprint density at radius 1 is 1.29 bits per heavy atom. The minimum absolute atomic E-state index is 0.0238. The average molecular weight is 344 g/mol. The van der Waals surface area contributed by atoms with Gasteiger partial charge in [-0.05, 0) is 43.1 Å². The predicted molar refractivity (Wildman–Crippen MR) is 92.2 cm³/mol. The zero-order chi connectivity index (χ0) is 15.4. The molecule has 0 fully saturated rings. The van der Waals surface area contributed by atoms with Crippen molar-refractivity contribution in [1.29, 1.82) is 0 Å². The summed E-state index contributed by atoms with van der Waals surface area (Å²) in [6.07, 6.45) is 1.05. The Morgan fingerprint density at radius 3 is 2.62 bits per heavy atom. The van der Waals surface area contributed by atoms with E-state index in [9.17, 15) is 0 Å². The molecule has 0 aliphatic heterocycles. The predicted octanol–water partition coefficient (Wildman–Crippen LogP) is 5.46. The number of nitrogens with one attached hydrogen (secondary N) is 1. The number of halogens is 2. The van der Waals surface area contributed by atoms with Crippen LogP contribution in [0.3, 0.4) is 0 Å². The summed E-state index contributed by atoms with van der Waals surface area (Å²) < 4.78 is 6.86. The smallest absolute Gasteiger partial charge is 0.122 e. The third kappa shape index (κ3) is 3.92. The van der Waals surface area contributed by atoms with Crippen LogP contribution in [0.2, 0.25) is 8.67 Å². The average Bonchev–Trinajstić information content (AvgIpc) is 2.79. The van der Waals surface area contributed by atoms with E-state index in [4.69, 9.17) is 27.9 Å². The quantitative estimate of drug-likeness (QED) is 0.751. The molecule has 0 amide bonds. The molecule has 0 spiro atoms. The van der Waals surface area contributed by atoms with Crippen molar-refractivity contribution in [2.75, 3.05) is 13.7 Å². The van der Waals surface area contributed by atoms with Gasteiger partial charge in [0.15, 0.2) is 0 Å². The van der Waals surface area contributed by atoms with Crippen LogP contribution < -0.4 is 10.1 Å². The van der Waals surface area contributed by atoms with Crippen molar-refractivity contribution in [1.82, 2.24) is 5.32 Å². The van der Waals surface area contributed by atoms with Crippen molar-refractivity contribution >= 4 is 34.5 Å². The Morgan fingerprint density at radius 2 is 2.05 bits per heavy atom. The van der Waals surface area contributed by atoms with Gasteiger partial charge in [-0.3, -0.25) is 0 Å². The maximum atomic E-state index is 6.34. The SMILES string of the molecule is CCCNC(c1ccc(C)c(OC)c1)c1cc(Cl)sc1Cl. The van der Waals surface area contributed by atoms with Crippen LogP contribution >= 0.6 is 34.5 Å². The van der Waals surface area contributed by atoms with Crippen molar-refractivity contribution in [2.45, 2.75) is 26.3 Å². The van der Waals surface area contributed by atoms with Crippen LogP contribution in [0.4, 0.5) is 0 Å². The van der Waals surface area contributed by atoms with Gasteiger partial charge in [-0.15, -0.1) is 11.3 Å². The van der Waals surface area contributed by atoms with Gasteiger partial charge in [-0.25, -0.2) is 0 Å². The van der Waals surface area contributed by atoms with Crippen LogP contribution in [0.25, 0.3) is 0 Å². The molecule has 0 saturated heterocycles. The summed E-state index contributed by atoms with van der Waals surface area (Å²) >= 11 is 13.8. The summed E-state index contributed by atoms with van der Waals surface area (Å²) in [5.74, 6) is 0.883. The van der Waals surface area contributed by atoms with Gasteiger partial charge in [0.2, 0.25) is 0 Å². The number of aryl methyl sites for hydroxylation is 1. The van der Waals surface area contributed by atoms with E-state index in [1.165, 1.54) is 11.3 Å². The van der Waals surface area contributed by atoms with Crippen molar-refractivity contribution in [3.8, 4) is 5.75 Å².